The summed E-state index contributed by atoms with van der Waals surface area (Å²) in [4.78, 5) is 20.5. The normalized spacial score (nSPS) is 22.9. The average Bonchev–Trinajstić information content (AvgIpc) is 2.67. The van der Waals surface area contributed by atoms with E-state index in [0.717, 1.165) is 52.0 Å². The van der Waals surface area contributed by atoms with Gasteiger partial charge in [0.05, 0.1) is 27.6 Å². The fourth-order valence-electron chi connectivity index (χ4n) is 5.12. The van der Waals surface area contributed by atoms with Crippen molar-refractivity contribution in [3.63, 3.8) is 0 Å². The minimum Gasteiger partial charge on any atom is -0.461 e. The third-order valence-corrected chi connectivity index (χ3v) is 7.36. The molecule has 0 spiro atoms. The molecule has 0 aromatic carbocycles. The van der Waals surface area contributed by atoms with Gasteiger partial charge < -0.3 is 14.4 Å². The molecule has 1 aromatic heterocycles. The van der Waals surface area contributed by atoms with Crippen LogP contribution in [0.15, 0.2) is 4.47 Å². The number of esters is 1. The first-order chi connectivity index (χ1) is 14.5. The number of nitrogens with zero attached hydrogens (tertiary/aromatic N) is 2. The Labute approximate surface area is 196 Å². The first-order valence-corrected chi connectivity index (χ1v) is 12.6. The zero-order valence-electron chi connectivity index (χ0n) is 20.3. The van der Waals surface area contributed by atoms with E-state index in [2.05, 4.69) is 20.8 Å². The molecular formula is C25H39BrN2O3. The maximum Gasteiger partial charge on any atom is 0.340 e. The zero-order valence-corrected chi connectivity index (χ0v) is 21.8. The second-order valence-electron chi connectivity index (χ2n) is 10.5. The van der Waals surface area contributed by atoms with Crippen LogP contribution in [-0.4, -0.2) is 35.7 Å². The number of anilines is 1. The van der Waals surface area contributed by atoms with Crippen LogP contribution in [0, 0.1) is 25.7 Å². The predicted octanol–water partition coefficient (Wildman–Crippen LogP) is 6.29. The molecule has 0 bridgehead atoms. The first kappa shape index (κ1) is 24.5. The molecule has 0 radical (unpaired) electrons. The Morgan fingerprint density at radius 1 is 1.10 bits per heavy atom. The van der Waals surface area contributed by atoms with Crippen molar-refractivity contribution in [3.8, 4) is 0 Å². The number of aryl methyl sites for hydroxylation is 2. The molecule has 2 fully saturated rings. The number of carbonyl (C=O) groups is 1. The minimum absolute atomic E-state index is 0.206. The maximum absolute atomic E-state index is 13.2. The molecule has 6 heteroatoms. The number of carbonyl (C=O) groups excluding carboxylic acids is 1. The highest BCUT2D eigenvalue weighted by Gasteiger charge is 2.38. The Hall–Kier alpha value is -1.14. The predicted molar refractivity (Wildman–Crippen MR) is 128 cm³/mol. The summed E-state index contributed by atoms with van der Waals surface area (Å²) in [5, 5.41) is 0. The summed E-state index contributed by atoms with van der Waals surface area (Å²) in [7, 11) is 0. The molecule has 1 aromatic rings. The molecule has 1 aliphatic carbocycles. The Morgan fingerprint density at radius 3 is 2.35 bits per heavy atom. The Morgan fingerprint density at radius 2 is 1.74 bits per heavy atom. The fraction of sp³-hybridized carbons (Fsp3) is 0.760. The summed E-state index contributed by atoms with van der Waals surface area (Å²) in [6.45, 7) is 15.7. The average molecular weight is 496 g/mol. The van der Waals surface area contributed by atoms with Crippen LogP contribution in [0.4, 0.5) is 5.69 Å². The molecule has 1 aliphatic heterocycles. The van der Waals surface area contributed by atoms with E-state index in [1.165, 1.54) is 32.1 Å². The van der Waals surface area contributed by atoms with Crippen LogP contribution in [0.2, 0.25) is 0 Å². The highest BCUT2D eigenvalue weighted by molar-refractivity contribution is 9.10. The van der Waals surface area contributed by atoms with Gasteiger partial charge in [0.25, 0.3) is 0 Å². The lowest BCUT2D eigenvalue weighted by molar-refractivity contribution is -0.171. The van der Waals surface area contributed by atoms with Gasteiger partial charge in [-0.05, 0) is 89.1 Å². The minimum atomic E-state index is -0.814. The van der Waals surface area contributed by atoms with Crippen molar-refractivity contribution >= 4 is 27.6 Å². The standard InChI is InChI=1S/C25H39BrN2O3/c1-15(2)30-24(29)23(31-25(5,6)7)20-16(3)27-17(4)21(26)22(20)28-13-12-18-10-8-9-11-19(18)14-28/h15,18-19,23H,8-14H2,1-7H3/t18-,19-,23?/m1/s1. The lowest BCUT2D eigenvalue weighted by Gasteiger charge is -2.44. The molecule has 3 atom stereocenters. The van der Waals surface area contributed by atoms with Crippen LogP contribution in [-0.2, 0) is 14.3 Å². The molecule has 2 aliphatic rings. The number of aromatic nitrogens is 1. The second kappa shape index (κ2) is 9.78. The van der Waals surface area contributed by atoms with Crippen LogP contribution >= 0.6 is 15.9 Å². The number of fused-ring (bicyclic) bond motifs is 1. The molecular weight excluding hydrogens is 456 g/mol. The van der Waals surface area contributed by atoms with Crippen LogP contribution in [0.3, 0.4) is 0 Å². The quantitative estimate of drug-likeness (QED) is 0.450. The van der Waals surface area contributed by atoms with Gasteiger partial charge in [0, 0.05) is 24.3 Å². The first-order valence-electron chi connectivity index (χ1n) is 11.8. The van der Waals surface area contributed by atoms with Crippen molar-refractivity contribution in [2.24, 2.45) is 11.8 Å². The number of hydrogen-bond donors (Lipinski definition) is 0. The number of ether oxygens (including phenoxy) is 2. The fourth-order valence-corrected chi connectivity index (χ4v) is 5.67. The Kier molecular flexibility index (Phi) is 7.73. The van der Waals surface area contributed by atoms with Gasteiger partial charge >= 0.3 is 5.97 Å². The topological polar surface area (TPSA) is 51.7 Å². The summed E-state index contributed by atoms with van der Waals surface area (Å²) in [6.07, 6.45) is 5.54. The zero-order chi connectivity index (χ0) is 22.9. The van der Waals surface area contributed by atoms with Crippen LogP contribution in [0.1, 0.15) is 89.8 Å². The summed E-state index contributed by atoms with van der Waals surface area (Å²) in [5.74, 6) is 1.21. The number of rotatable bonds is 5. The highest BCUT2D eigenvalue weighted by Crippen LogP contribution is 2.44. The van der Waals surface area contributed by atoms with E-state index in [9.17, 15) is 4.79 Å². The molecule has 3 rings (SSSR count). The van der Waals surface area contributed by atoms with Crippen molar-refractivity contribution < 1.29 is 14.3 Å². The molecule has 2 heterocycles. The number of halogens is 1. The molecule has 0 amide bonds. The lowest BCUT2D eigenvalue weighted by Crippen LogP contribution is -2.43. The molecule has 1 saturated carbocycles. The van der Waals surface area contributed by atoms with Gasteiger partial charge in [-0.3, -0.25) is 4.98 Å². The third-order valence-electron chi connectivity index (χ3n) is 6.41. The van der Waals surface area contributed by atoms with Crippen LogP contribution in [0.5, 0.6) is 0 Å². The van der Waals surface area contributed by atoms with Gasteiger partial charge in [-0.1, -0.05) is 19.3 Å². The van der Waals surface area contributed by atoms with Gasteiger partial charge in [-0.25, -0.2) is 4.79 Å². The number of piperidine rings is 1. The second-order valence-corrected chi connectivity index (χ2v) is 11.3. The SMILES string of the molecule is Cc1nc(C)c(C(OC(C)(C)C)C(=O)OC(C)C)c(N2CC[C@H]3CCCC[C@@H]3C2)c1Br. The van der Waals surface area contributed by atoms with E-state index in [0.29, 0.717) is 0 Å². The van der Waals surface area contributed by atoms with Crippen molar-refractivity contribution in [3.05, 3.63) is 21.4 Å². The van der Waals surface area contributed by atoms with E-state index in [1.807, 2.05) is 48.5 Å². The van der Waals surface area contributed by atoms with Crippen LogP contribution < -0.4 is 4.90 Å². The summed E-state index contributed by atoms with van der Waals surface area (Å²) < 4.78 is 12.9. The smallest absolute Gasteiger partial charge is 0.340 e. The molecule has 1 unspecified atom stereocenters. The van der Waals surface area contributed by atoms with E-state index >= 15 is 0 Å². The van der Waals surface area contributed by atoms with Gasteiger partial charge in [0.2, 0.25) is 0 Å². The van der Waals surface area contributed by atoms with Gasteiger partial charge in [0.1, 0.15) is 0 Å². The summed E-state index contributed by atoms with van der Waals surface area (Å²) in [6, 6.07) is 0. The molecule has 5 nitrogen and oxygen atoms in total. The largest absolute Gasteiger partial charge is 0.461 e. The molecule has 31 heavy (non-hydrogen) atoms. The van der Waals surface area contributed by atoms with Gasteiger partial charge in [0.15, 0.2) is 6.10 Å². The molecule has 174 valence electrons. The number of hydrogen-bond acceptors (Lipinski definition) is 5. The van der Waals surface area contributed by atoms with E-state index in [4.69, 9.17) is 14.5 Å². The maximum atomic E-state index is 13.2. The van der Waals surface area contributed by atoms with E-state index < -0.39 is 11.7 Å². The Balaban J connectivity index is 2.07. The van der Waals surface area contributed by atoms with E-state index in [1.54, 1.807) is 0 Å². The monoisotopic (exact) mass is 494 g/mol. The van der Waals surface area contributed by atoms with Crippen LogP contribution in [0.25, 0.3) is 0 Å². The van der Waals surface area contributed by atoms with Crippen molar-refractivity contribution in [1.29, 1.82) is 0 Å². The summed E-state index contributed by atoms with van der Waals surface area (Å²) in [5.41, 5.74) is 3.17. The third kappa shape index (κ3) is 5.81. The lowest BCUT2D eigenvalue weighted by atomic mass is 9.75. The van der Waals surface area contributed by atoms with Crippen molar-refractivity contribution in [2.75, 3.05) is 18.0 Å². The van der Waals surface area contributed by atoms with E-state index in [-0.39, 0.29) is 12.1 Å². The van der Waals surface area contributed by atoms with Gasteiger partial charge in [-0.2, -0.15) is 0 Å². The van der Waals surface area contributed by atoms with Crippen molar-refractivity contribution in [2.45, 2.75) is 98.4 Å². The number of pyridine rings is 1. The summed E-state index contributed by atoms with van der Waals surface area (Å²) >= 11 is 3.82. The molecule has 1 saturated heterocycles. The van der Waals surface area contributed by atoms with Crippen molar-refractivity contribution in [1.82, 2.24) is 4.98 Å². The van der Waals surface area contributed by atoms with Gasteiger partial charge in [-0.15, -0.1) is 0 Å². The molecule has 0 N–H and O–H groups in total. The highest BCUT2D eigenvalue weighted by atomic mass is 79.9. The Bertz CT molecular complexity index is 803.